The van der Waals surface area contributed by atoms with Crippen LogP contribution in [0.5, 0.6) is 17.2 Å². The predicted octanol–water partition coefficient (Wildman–Crippen LogP) is 2.97. The zero-order chi connectivity index (χ0) is 21.1. The van der Waals surface area contributed by atoms with Crippen LogP contribution in [0.3, 0.4) is 0 Å². The molecule has 0 radical (unpaired) electrons. The number of amides is 2. The summed E-state index contributed by atoms with van der Waals surface area (Å²) in [6.45, 7) is 2.62. The predicted molar refractivity (Wildman–Crippen MR) is 111 cm³/mol. The molecule has 2 amide bonds. The molecule has 0 bridgehead atoms. The highest BCUT2D eigenvalue weighted by atomic mass is 16.5. The lowest BCUT2D eigenvalue weighted by atomic mass is 10.2. The largest absolute Gasteiger partial charge is 0.497 e. The molecule has 0 unspecified atom stereocenters. The quantitative estimate of drug-likeness (QED) is 0.364. The van der Waals surface area contributed by atoms with Crippen LogP contribution in [0.4, 0.5) is 5.69 Å². The van der Waals surface area contributed by atoms with Gasteiger partial charge in [-0.1, -0.05) is 13.0 Å². The van der Waals surface area contributed by atoms with Crippen molar-refractivity contribution in [3.8, 4) is 17.2 Å². The van der Waals surface area contributed by atoms with E-state index < -0.39 is 11.8 Å². The lowest BCUT2D eigenvalue weighted by Gasteiger charge is -2.10. The van der Waals surface area contributed by atoms with E-state index in [-0.39, 0.29) is 6.42 Å². The normalized spacial score (nSPS) is 10.4. The van der Waals surface area contributed by atoms with Gasteiger partial charge in [0.05, 0.1) is 27.0 Å². The van der Waals surface area contributed by atoms with Gasteiger partial charge in [-0.25, -0.2) is 5.43 Å². The Kier molecular flexibility index (Phi) is 8.50. The van der Waals surface area contributed by atoms with E-state index in [1.165, 1.54) is 13.3 Å². The number of hydrogen-bond acceptors (Lipinski definition) is 6. The van der Waals surface area contributed by atoms with Gasteiger partial charge in [0.25, 0.3) is 0 Å². The number of hydrazone groups is 1. The summed E-state index contributed by atoms with van der Waals surface area (Å²) in [7, 11) is 3.09. The number of rotatable bonds is 10. The Hall–Kier alpha value is -3.55. The monoisotopic (exact) mass is 399 g/mol. The van der Waals surface area contributed by atoms with Crippen LogP contribution in [0.2, 0.25) is 0 Å². The highest BCUT2D eigenvalue weighted by Crippen LogP contribution is 2.27. The topological polar surface area (TPSA) is 98.2 Å². The van der Waals surface area contributed by atoms with Gasteiger partial charge in [-0.05, 0) is 42.3 Å². The first-order valence-corrected chi connectivity index (χ1v) is 9.12. The molecule has 0 heterocycles. The molecule has 8 nitrogen and oxygen atoms in total. The van der Waals surface area contributed by atoms with Gasteiger partial charge in [0.1, 0.15) is 12.2 Å². The van der Waals surface area contributed by atoms with Crippen LogP contribution in [-0.4, -0.2) is 38.9 Å². The number of nitrogens with one attached hydrogen (secondary N) is 2. The van der Waals surface area contributed by atoms with Gasteiger partial charge >= 0.3 is 0 Å². The van der Waals surface area contributed by atoms with Crippen molar-refractivity contribution in [3.63, 3.8) is 0 Å². The van der Waals surface area contributed by atoms with Crippen LogP contribution >= 0.6 is 0 Å². The fourth-order valence-corrected chi connectivity index (χ4v) is 2.37. The number of nitrogens with zero attached hydrogens (tertiary/aromatic N) is 1. The summed E-state index contributed by atoms with van der Waals surface area (Å²) in [5, 5.41) is 6.51. The Morgan fingerprint density at radius 2 is 1.86 bits per heavy atom. The van der Waals surface area contributed by atoms with Gasteiger partial charge < -0.3 is 19.5 Å². The van der Waals surface area contributed by atoms with E-state index in [4.69, 9.17) is 14.2 Å². The van der Waals surface area contributed by atoms with Gasteiger partial charge in [0.2, 0.25) is 11.8 Å². The second kappa shape index (κ2) is 11.3. The highest BCUT2D eigenvalue weighted by molar-refractivity contribution is 6.03. The number of carbonyl (C=O) groups is 2. The van der Waals surface area contributed by atoms with Gasteiger partial charge in [-0.15, -0.1) is 0 Å². The molecule has 2 aromatic carbocycles. The molecule has 0 aliphatic carbocycles. The van der Waals surface area contributed by atoms with E-state index in [0.717, 1.165) is 6.42 Å². The Bertz CT molecular complexity index is 867. The van der Waals surface area contributed by atoms with E-state index in [2.05, 4.69) is 15.8 Å². The van der Waals surface area contributed by atoms with Crippen molar-refractivity contribution in [1.82, 2.24) is 5.43 Å². The first-order chi connectivity index (χ1) is 14.0. The van der Waals surface area contributed by atoms with Crippen molar-refractivity contribution in [2.45, 2.75) is 19.8 Å². The van der Waals surface area contributed by atoms with Crippen molar-refractivity contribution in [2.75, 3.05) is 26.1 Å². The third-order valence-corrected chi connectivity index (χ3v) is 3.73. The molecular formula is C21H25N3O5. The first-order valence-electron chi connectivity index (χ1n) is 9.12. The number of benzene rings is 2. The summed E-state index contributed by atoms with van der Waals surface area (Å²) in [6.07, 6.45) is 2.00. The minimum atomic E-state index is -0.531. The summed E-state index contributed by atoms with van der Waals surface area (Å²) in [5.74, 6) is 0.844. The van der Waals surface area contributed by atoms with E-state index in [9.17, 15) is 9.59 Å². The van der Waals surface area contributed by atoms with Gasteiger partial charge in [0, 0.05) is 11.8 Å². The van der Waals surface area contributed by atoms with Crippen LogP contribution in [0.25, 0.3) is 0 Å². The molecule has 0 spiro atoms. The lowest BCUT2D eigenvalue weighted by molar-refractivity contribution is -0.126. The van der Waals surface area contributed by atoms with E-state index in [0.29, 0.717) is 35.1 Å². The average Bonchev–Trinajstić information content (AvgIpc) is 2.72. The summed E-state index contributed by atoms with van der Waals surface area (Å²) >= 11 is 0. The standard InChI is InChI=1S/C21H25N3O5/c1-4-10-29-18-9-8-15(11-19(18)28-3)14-22-24-21(26)13-20(25)23-16-6-5-7-17(12-16)27-2/h5-9,11-12,14H,4,10,13H2,1-3H3,(H,23,25)(H,24,26). The minimum Gasteiger partial charge on any atom is -0.497 e. The second-order valence-corrected chi connectivity index (χ2v) is 6.01. The number of carbonyl (C=O) groups excluding carboxylic acids is 2. The van der Waals surface area contributed by atoms with Gasteiger partial charge in [-0.2, -0.15) is 5.10 Å². The van der Waals surface area contributed by atoms with E-state index >= 15 is 0 Å². The lowest BCUT2D eigenvalue weighted by Crippen LogP contribution is -2.24. The SMILES string of the molecule is CCCOc1ccc(C=NNC(=O)CC(=O)Nc2cccc(OC)c2)cc1OC. The zero-order valence-electron chi connectivity index (χ0n) is 16.7. The molecule has 0 saturated heterocycles. The zero-order valence-corrected chi connectivity index (χ0v) is 16.7. The number of methoxy groups -OCH3 is 2. The van der Waals surface area contributed by atoms with Gasteiger partial charge in [0.15, 0.2) is 11.5 Å². The number of anilines is 1. The molecule has 2 rings (SSSR count). The molecule has 0 saturated carbocycles. The van der Waals surface area contributed by atoms with Crippen molar-refractivity contribution < 1.29 is 23.8 Å². The molecule has 2 N–H and O–H groups in total. The molecule has 0 aromatic heterocycles. The van der Waals surface area contributed by atoms with Crippen LogP contribution in [0.1, 0.15) is 25.3 Å². The number of ether oxygens (including phenoxy) is 3. The smallest absolute Gasteiger partial charge is 0.249 e. The maximum Gasteiger partial charge on any atom is 0.249 e. The molecular weight excluding hydrogens is 374 g/mol. The molecule has 2 aromatic rings. The molecule has 0 aliphatic rings. The average molecular weight is 399 g/mol. The summed E-state index contributed by atoms with van der Waals surface area (Å²) in [4.78, 5) is 23.9. The third kappa shape index (κ3) is 7.17. The van der Waals surface area contributed by atoms with Crippen molar-refractivity contribution in [2.24, 2.45) is 5.10 Å². The molecule has 8 heteroatoms. The maximum atomic E-state index is 12.0. The Labute approximate surface area is 169 Å². The molecule has 0 fully saturated rings. The Morgan fingerprint density at radius 1 is 1.03 bits per heavy atom. The molecule has 154 valence electrons. The maximum absolute atomic E-state index is 12.0. The van der Waals surface area contributed by atoms with E-state index in [1.54, 1.807) is 49.6 Å². The first kappa shape index (κ1) is 21.7. The van der Waals surface area contributed by atoms with E-state index in [1.807, 2.05) is 6.92 Å². The Balaban J connectivity index is 1.86. The van der Waals surface area contributed by atoms with Crippen LogP contribution in [0.15, 0.2) is 47.6 Å². The van der Waals surface area contributed by atoms with Crippen LogP contribution in [0, 0.1) is 0 Å². The second-order valence-electron chi connectivity index (χ2n) is 6.01. The fourth-order valence-electron chi connectivity index (χ4n) is 2.37. The third-order valence-electron chi connectivity index (χ3n) is 3.73. The molecule has 29 heavy (non-hydrogen) atoms. The highest BCUT2D eigenvalue weighted by Gasteiger charge is 2.09. The van der Waals surface area contributed by atoms with Gasteiger partial charge in [-0.3, -0.25) is 9.59 Å². The number of hydrogen-bond donors (Lipinski definition) is 2. The summed E-state index contributed by atoms with van der Waals surface area (Å²) in [6, 6.07) is 12.2. The van der Waals surface area contributed by atoms with Crippen LogP contribution < -0.4 is 25.0 Å². The van der Waals surface area contributed by atoms with Crippen molar-refractivity contribution in [1.29, 1.82) is 0 Å². The molecule has 0 aliphatic heterocycles. The molecule has 0 atom stereocenters. The minimum absolute atomic E-state index is 0.359. The fraction of sp³-hybridized carbons (Fsp3) is 0.286. The van der Waals surface area contributed by atoms with Crippen LogP contribution in [-0.2, 0) is 9.59 Å². The summed E-state index contributed by atoms with van der Waals surface area (Å²) in [5.41, 5.74) is 3.59. The van der Waals surface area contributed by atoms with Crippen molar-refractivity contribution >= 4 is 23.7 Å². The van der Waals surface area contributed by atoms with Crippen molar-refractivity contribution in [3.05, 3.63) is 48.0 Å². The summed E-state index contributed by atoms with van der Waals surface area (Å²) < 4.78 is 16.0. The Morgan fingerprint density at radius 3 is 2.59 bits per heavy atom.